The summed E-state index contributed by atoms with van der Waals surface area (Å²) >= 11 is 0. The molecule has 9 heteroatoms. The number of hydrogen-bond donors (Lipinski definition) is 0. The Morgan fingerprint density at radius 2 is 2.29 bits per heavy atom. The third-order valence-corrected chi connectivity index (χ3v) is 3.18. The first-order valence-corrected chi connectivity index (χ1v) is 5.81. The van der Waals surface area contributed by atoms with E-state index in [1.807, 2.05) is 0 Å². The molecule has 1 heterocycles. The van der Waals surface area contributed by atoms with Crippen LogP contribution in [0.15, 0.2) is 29.0 Å². The van der Waals surface area contributed by atoms with Crippen LogP contribution in [0.3, 0.4) is 0 Å². The predicted molar refractivity (Wildman–Crippen MR) is 59.7 cm³/mol. The highest BCUT2D eigenvalue weighted by atomic mass is 32.2. The van der Waals surface area contributed by atoms with Gasteiger partial charge in [-0.2, -0.15) is 8.42 Å². The maximum absolute atomic E-state index is 11.6. The Hall–Kier alpha value is -2.25. The fourth-order valence-corrected chi connectivity index (χ4v) is 2.09. The molecule has 0 N–H and O–H groups in total. The van der Waals surface area contributed by atoms with Crippen LogP contribution in [0.4, 0.5) is 0 Å². The molecule has 0 saturated heterocycles. The van der Waals surface area contributed by atoms with Crippen molar-refractivity contribution >= 4 is 21.2 Å². The van der Waals surface area contributed by atoms with Crippen LogP contribution in [0.2, 0.25) is 0 Å². The molecule has 0 spiro atoms. The normalized spacial score (nSPS) is 11.1. The molecule has 0 amide bonds. The minimum Gasteiger partial charge on any atom is -0.497 e. The Morgan fingerprint density at radius 3 is 2.94 bits per heavy atom. The van der Waals surface area contributed by atoms with Crippen molar-refractivity contribution in [1.82, 2.24) is 8.96 Å². The molecule has 1 aromatic heterocycles. The molecule has 88 valence electrons. The average molecular weight is 253 g/mol. The molecule has 1 aromatic carbocycles. The summed E-state index contributed by atoms with van der Waals surface area (Å²) in [5, 5.41) is 0. The molecule has 8 nitrogen and oxygen atoms in total. The average Bonchev–Trinajstić information content (AvgIpc) is 2.71. The number of hydrogen-bond acceptors (Lipinski definition) is 4. The van der Waals surface area contributed by atoms with Crippen molar-refractivity contribution in [2.45, 2.75) is 0 Å². The zero-order chi connectivity index (χ0) is 12.5. The first-order valence-electron chi connectivity index (χ1n) is 4.41. The number of aromatic nitrogens is 2. The molecule has 0 aliphatic rings. The van der Waals surface area contributed by atoms with E-state index < -0.39 is 10.2 Å². The van der Waals surface area contributed by atoms with Crippen LogP contribution in [-0.2, 0) is 10.2 Å². The van der Waals surface area contributed by atoms with Crippen LogP contribution in [0.1, 0.15) is 0 Å². The number of benzene rings is 1. The fraction of sp³-hybridized carbons (Fsp3) is 0.125. The molecule has 2 rings (SSSR count). The van der Waals surface area contributed by atoms with Crippen LogP contribution in [-0.4, -0.2) is 24.5 Å². The Balaban J connectivity index is 2.75. The highest BCUT2D eigenvalue weighted by molar-refractivity contribution is 7.88. The number of azide groups is 1. The first-order chi connectivity index (χ1) is 8.08. The maximum atomic E-state index is 11.6. The zero-order valence-electron chi connectivity index (χ0n) is 8.68. The Labute approximate surface area is 96.3 Å². The summed E-state index contributed by atoms with van der Waals surface area (Å²) in [5.41, 5.74) is 8.94. The number of fused-ring (bicyclic) bond motifs is 1. The van der Waals surface area contributed by atoms with Gasteiger partial charge in [-0.15, -0.1) is 0 Å². The van der Waals surface area contributed by atoms with Crippen molar-refractivity contribution in [2.75, 3.05) is 7.11 Å². The van der Waals surface area contributed by atoms with E-state index in [0.717, 1.165) is 10.3 Å². The van der Waals surface area contributed by atoms with Crippen molar-refractivity contribution in [3.8, 4) is 5.75 Å². The van der Waals surface area contributed by atoms with Gasteiger partial charge in [0, 0.05) is 11.0 Å². The van der Waals surface area contributed by atoms with E-state index in [1.165, 1.54) is 13.2 Å². The summed E-state index contributed by atoms with van der Waals surface area (Å²) in [6.07, 6.45) is 1.08. The fourth-order valence-electron chi connectivity index (χ4n) is 1.36. The molecule has 0 bridgehead atoms. The molecule has 17 heavy (non-hydrogen) atoms. The number of nitrogens with zero attached hydrogens (tertiary/aromatic N) is 5. The van der Waals surface area contributed by atoms with Crippen molar-refractivity contribution in [2.24, 2.45) is 4.52 Å². The SMILES string of the molecule is COc1ccc2ncn(S(=O)(=O)N=[N+]=[N-])c2c1. The van der Waals surface area contributed by atoms with E-state index >= 15 is 0 Å². The monoisotopic (exact) mass is 253 g/mol. The second kappa shape index (κ2) is 3.96. The minimum atomic E-state index is -4.11. The zero-order valence-corrected chi connectivity index (χ0v) is 9.49. The summed E-state index contributed by atoms with van der Waals surface area (Å²) in [4.78, 5) is 6.16. The molecular formula is C8H7N5O3S. The number of imidazole rings is 1. The molecule has 2 aromatic rings. The minimum absolute atomic E-state index is 0.289. The van der Waals surface area contributed by atoms with E-state index in [2.05, 4.69) is 14.4 Å². The second-order valence-electron chi connectivity index (χ2n) is 3.04. The predicted octanol–water partition coefficient (Wildman–Crippen LogP) is 1.45. The Bertz CT molecular complexity index is 714. The lowest BCUT2D eigenvalue weighted by Crippen LogP contribution is -2.06. The lowest BCUT2D eigenvalue weighted by molar-refractivity contribution is 0.415. The van der Waals surface area contributed by atoms with Gasteiger partial charge in [-0.25, -0.2) is 8.96 Å². The standard InChI is InChI=1S/C8H7N5O3S/c1-16-6-2-3-7-8(4-6)13(5-10-7)17(14,15)12-11-9/h2-5H,1H3. The van der Waals surface area contributed by atoms with E-state index in [9.17, 15) is 8.42 Å². The quantitative estimate of drug-likeness (QED) is 0.468. The Morgan fingerprint density at radius 1 is 1.53 bits per heavy atom. The topological polar surface area (TPSA) is 110 Å². The van der Waals surface area contributed by atoms with Gasteiger partial charge in [-0.1, -0.05) is 0 Å². The van der Waals surface area contributed by atoms with E-state index in [-0.39, 0.29) is 5.52 Å². The molecule has 0 saturated carbocycles. The molecule has 0 aliphatic carbocycles. The van der Waals surface area contributed by atoms with Gasteiger partial charge in [0.05, 0.1) is 22.7 Å². The first kappa shape index (κ1) is 11.2. The summed E-state index contributed by atoms with van der Waals surface area (Å²) in [6.45, 7) is 0. The third kappa shape index (κ3) is 1.88. The lowest BCUT2D eigenvalue weighted by atomic mass is 10.3. The van der Waals surface area contributed by atoms with Gasteiger partial charge in [0.1, 0.15) is 12.1 Å². The number of rotatable bonds is 3. The molecule has 0 unspecified atom stereocenters. The molecular weight excluding hydrogens is 246 g/mol. The largest absolute Gasteiger partial charge is 0.497 e. The molecule has 0 aliphatic heterocycles. The van der Waals surface area contributed by atoms with Gasteiger partial charge in [-0.05, 0) is 17.7 Å². The second-order valence-corrected chi connectivity index (χ2v) is 4.50. The Kier molecular flexibility index (Phi) is 2.62. The highest BCUT2D eigenvalue weighted by Crippen LogP contribution is 2.21. The number of ether oxygens (including phenoxy) is 1. The van der Waals surface area contributed by atoms with Gasteiger partial charge in [0.2, 0.25) is 0 Å². The van der Waals surface area contributed by atoms with Gasteiger partial charge in [0.15, 0.2) is 0 Å². The van der Waals surface area contributed by atoms with Gasteiger partial charge < -0.3 is 4.74 Å². The maximum Gasteiger partial charge on any atom is 0.329 e. The van der Waals surface area contributed by atoms with Crippen LogP contribution in [0.5, 0.6) is 5.75 Å². The van der Waals surface area contributed by atoms with Crippen LogP contribution >= 0.6 is 0 Å². The molecule has 0 atom stereocenters. The highest BCUT2D eigenvalue weighted by Gasteiger charge is 2.15. The van der Waals surface area contributed by atoms with Crippen LogP contribution in [0, 0.1) is 0 Å². The summed E-state index contributed by atoms with van der Waals surface area (Å²) in [5.74, 6) is 0.482. The smallest absolute Gasteiger partial charge is 0.329 e. The molecule has 0 radical (unpaired) electrons. The lowest BCUT2D eigenvalue weighted by Gasteiger charge is -2.01. The number of methoxy groups -OCH3 is 1. The summed E-state index contributed by atoms with van der Waals surface area (Å²) in [6, 6.07) is 4.75. The van der Waals surface area contributed by atoms with Crippen molar-refractivity contribution in [3.05, 3.63) is 35.0 Å². The van der Waals surface area contributed by atoms with Crippen molar-refractivity contribution in [3.63, 3.8) is 0 Å². The summed E-state index contributed by atoms with van der Waals surface area (Å²) in [7, 11) is -2.65. The summed E-state index contributed by atoms with van der Waals surface area (Å²) < 4.78 is 31.7. The van der Waals surface area contributed by atoms with Crippen LogP contribution < -0.4 is 4.74 Å². The molecule has 0 fully saturated rings. The third-order valence-electron chi connectivity index (χ3n) is 2.11. The van der Waals surface area contributed by atoms with E-state index in [0.29, 0.717) is 11.3 Å². The van der Waals surface area contributed by atoms with Gasteiger partial charge in [0.25, 0.3) is 0 Å². The van der Waals surface area contributed by atoms with Crippen molar-refractivity contribution in [1.29, 1.82) is 0 Å². The van der Waals surface area contributed by atoms with E-state index in [4.69, 9.17) is 10.3 Å². The van der Waals surface area contributed by atoms with Gasteiger partial charge >= 0.3 is 10.2 Å². The van der Waals surface area contributed by atoms with Crippen molar-refractivity contribution < 1.29 is 13.2 Å². The van der Waals surface area contributed by atoms with E-state index in [1.54, 1.807) is 12.1 Å². The van der Waals surface area contributed by atoms with Gasteiger partial charge in [-0.3, -0.25) is 0 Å². The van der Waals surface area contributed by atoms with Crippen LogP contribution in [0.25, 0.3) is 21.5 Å².